The van der Waals surface area contributed by atoms with Crippen LogP contribution < -0.4 is 16.0 Å². The molecule has 132 valence electrons. The molecule has 1 unspecified atom stereocenters. The molecule has 1 atom stereocenters. The Balaban J connectivity index is 2.66. The molecule has 0 radical (unpaired) electrons. The second-order valence-corrected chi connectivity index (χ2v) is 5.22. The van der Waals surface area contributed by atoms with E-state index in [9.17, 15) is 14.4 Å². The van der Waals surface area contributed by atoms with Crippen molar-refractivity contribution in [2.24, 2.45) is 0 Å². The molecule has 1 aromatic rings. The summed E-state index contributed by atoms with van der Waals surface area (Å²) in [7, 11) is 0. The maximum atomic E-state index is 12.3. The summed E-state index contributed by atoms with van der Waals surface area (Å²) in [5.74, 6) is -1.29. The number of nitrogens with one attached hydrogen (secondary N) is 3. The largest absolute Gasteiger partial charge is 0.449 e. The zero-order valence-corrected chi connectivity index (χ0v) is 14.3. The van der Waals surface area contributed by atoms with E-state index in [4.69, 9.17) is 4.74 Å². The van der Waals surface area contributed by atoms with Crippen molar-refractivity contribution in [1.29, 1.82) is 0 Å². The number of carbonyl (C=O) groups excluding carboxylic acids is 3. The van der Waals surface area contributed by atoms with Crippen molar-refractivity contribution in [2.45, 2.75) is 39.7 Å². The highest BCUT2D eigenvalue weighted by atomic mass is 16.5. The number of benzene rings is 1. The Morgan fingerprint density at radius 2 is 1.88 bits per heavy atom. The van der Waals surface area contributed by atoms with Crippen molar-refractivity contribution in [3.05, 3.63) is 29.8 Å². The van der Waals surface area contributed by atoms with E-state index in [1.165, 1.54) is 6.92 Å². The van der Waals surface area contributed by atoms with Gasteiger partial charge in [0, 0.05) is 18.8 Å². The van der Waals surface area contributed by atoms with Crippen molar-refractivity contribution in [3.8, 4) is 0 Å². The van der Waals surface area contributed by atoms with E-state index in [-0.39, 0.29) is 0 Å². The molecule has 0 saturated carbocycles. The molecule has 0 fully saturated rings. The number of amides is 3. The molecule has 0 aromatic heterocycles. The highest BCUT2D eigenvalue weighted by Crippen LogP contribution is 2.17. The third-order valence-corrected chi connectivity index (χ3v) is 3.22. The van der Waals surface area contributed by atoms with Gasteiger partial charge in [-0.1, -0.05) is 25.5 Å². The molecule has 7 nitrogen and oxygen atoms in total. The van der Waals surface area contributed by atoms with Gasteiger partial charge >= 0.3 is 12.0 Å². The lowest BCUT2D eigenvalue weighted by molar-refractivity contribution is -0.127. The minimum absolute atomic E-state index is 0.353. The fourth-order valence-corrected chi connectivity index (χ4v) is 1.91. The SMILES string of the molecule is CCCCNc1ccccc1C(=O)OC(C)C(=O)NC(=O)NCC. The summed E-state index contributed by atoms with van der Waals surface area (Å²) in [4.78, 5) is 35.4. The van der Waals surface area contributed by atoms with Crippen LogP contribution in [0.4, 0.5) is 10.5 Å². The van der Waals surface area contributed by atoms with Gasteiger partial charge in [-0.2, -0.15) is 0 Å². The predicted molar refractivity (Wildman–Crippen MR) is 91.9 cm³/mol. The van der Waals surface area contributed by atoms with E-state index in [2.05, 4.69) is 22.9 Å². The summed E-state index contributed by atoms with van der Waals surface area (Å²) >= 11 is 0. The summed E-state index contributed by atoms with van der Waals surface area (Å²) in [6, 6.07) is 6.33. The fraction of sp³-hybridized carbons (Fsp3) is 0.471. The Morgan fingerprint density at radius 1 is 1.17 bits per heavy atom. The third kappa shape index (κ3) is 6.28. The molecule has 0 saturated heterocycles. The molecular weight excluding hydrogens is 310 g/mol. The lowest BCUT2D eigenvalue weighted by Crippen LogP contribution is -2.44. The quantitative estimate of drug-likeness (QED) is 0.500. The van der Waals surface area contributed by atoms with E-state index >= 15 is 0 Å². The minimum Gasteiger partial charge on any atom is -0.449 e. The number of unbranched alkanes of at least 4 members (excludes halogenated alkanes) is 1. The van der Waals surface area contributed by atoms with Crippen molar-refractivity contribution in [1.82, 2.24) is 10.6 Å². The number of hydrogen-bond acceptors (Lipinski definition) is 5. The van der Waals surface area contributed by atoms with Gasteiger partial charge in [0.1, 0.15) is 0 Å². The first-order chi connectivity index (χ1) is 11.5. The second kappa shape index (κ2) is 10.3. The molecular formula is C17H25N3O4. The summed E-state index contributed by atoms with van der Waals surface area (Å²) < 4.78 is 5.15. The Bertz CT molecular complexity index is 575. The molecule has 24 heavy (non-hydrogen) atoms. The fourth-order valence-electron chi connectivity index (χ4n) is 1.91. The molecule has 0 aliphatic carbocycles. The number of para-hydroxylation sites is 1. The summed E-state index contributed by atoms with van der Waals surface area (Å²) in [6.45, 7) is 6.37. The van der Waals surface area contributed by atoms with Gasteiger partial charge < -0.3 is 15.4 Å². The summed E-state index contributed by atoms with van der Waals surface area (Å²) in [5.41, 5.74) is 1.01. The van der Waals surface area contributed by atoms with Gasteiger partial charge in [-0.25, -0.2) is 9.59 Å². The standard InChI is InChI=1S/C17H25N3O4/c1-4-6-11-19-14-10-8-7-9-13(14)16(22)24-12(3)15(21)20-17(23)18-5-2/h7-10,12,19H,4-6,11H2,1-3H3,(H2,18,20,21,23). The zero-order valence-electron chi connectivity index (χ0n) is 14.3. The van der Waals surface area contributed by atoms with Crippen LogP contribution in [0, 0.1) is 0 Å². The number of anilines is 1. The van der Waals surface area contributed by atoms with Crippen LogP contribution in [0.1, 0.15) is 44.0 Å². The first-order valence-electron chi connectivity index (χ1n) is 8.12. The lowest BCUT2D eigenvalue weighted by atomic mass is 10.1. The van der Waals surface area contributed by atoms with Crippen LogP contribution in [-0.4, -0.2) is 37.1 Å². The van der Waals surface area contributed by atoms with Crippen LogP contribution in [0.3, 0.4) is 0 Å². The first-order valence-corrected chi connectivity index (χ1v) is 8.12. The second-order valence-electron chi connectivity index (χ2n) is 5.22. The van der Waals surface area contributed by atoms with Crippen LogP contribution in [0.15, 0.2) is 24.3 Å². The Kier molecular flexibility index (Phi) is 8.32. The average Bonchev–Trinajstić information content (AvgIpc) is 2.55. The van der Waals surface area contributed by atoms with Gasteiger partial charge in [-0.15, -0.1) is 0 Å². The van der Waals surface area contributed by atoms with Crippen molar-refractivity contribution >= 4 is 23.6 Å². The minimum atomic E-state index is -1.08. The maximum absolute atomic E-state index is 12.3. The molecule has 0 bridgehead atoms. The predicted octanol–water partition coefficient (Wildman–Crippen LogP) is 2.29. The van der Waals surface area contributed by atoms with Crippen LogP contribution in [0.5, 0.6) is 0 Å². The molecule has 3 N–H and O–H groups in total. The van der Waals surface area contributed by atoms with Crippen LogP contribution in [0.2, 0.25) is 0 Å². The smallest absolute Gasteiger partial charge is 0.341 e. The first kappa shape index (κ1) is 19.5. The highest BCUT2D eigenvalue weighted by Gasteiger charge is 2.22. The van der Waals surface area contributed by atoms with E-state index in [0.29, 0.717) is 17.8 Å². The van der Waals surface area contributed by atoms with Gasteiger partial charge in [0.05, 0.1) is 5.56 Å². The van der Waals surface area contributed by atoms with E-state index in [1.54, 1.807) is 25.1 Å². The number of esters is 1. The monoisotopic (exact) mass is 335 g/mol. The van der Waals surface area contributed by atoms with Crippen LogP contribution in [-0.2, 0) is 9.53 Å². The van der Waals surface area contributed by atoms with Crippen molar-refractivity contribution in [3.63, 3.8) is 0 Å². The summed E-state index contributed by atoms with van der Waals surface area (Å²) in [5, 5.41) is 7.73. The Labute approximate surface area is 142 Å². The topological polar surface area (TPSA) is 96.5 Å². The number of urea groups is 1. The molecule has 1 aromatic carbocycles. The number of ether oxygens (including phenoxy) is 1. The molecule has 0 aliphatic rings. The normalized spacial score (nSPS) is 11.3. The van der Waals surface area contributed by atoms with E-state index in [1.807, 2.05) is 6.07 Å². The number of imide groups is 1. The van der Waals surface area contributed by atoms with Gasteiger partial charge in [0.15, 0.2) is 6.10 Å². The number of hydrogen-bond donors (Lipinski definition) is 3. The number of rotatable bonds is 8. The summed E-state index contributed by atoms with van der Waals surface area (Å²) in [6.07, 6.45) is 0.939. The highest BCUT2D eigenvalue weighted by molar-refractivity contribution is 6.00. The van der Waals surface area contributed by atoms with Gasteiger partial charge in [0.2, 0.25) is 0 Å². The van der Waals surface area contributed by atoms with Gasteiger partial charge in [0.25, 0.3) is 5.91 Å². The molecule has 0 aliphatic heterocycles. The zero-order chi connectivity index (χ0) is 17.9. The lowest BCUT2D eigenvalue weighted by Gasteiger charge is -2.15. The van der Waals surface area contributed by atoms with Crippen molar-refractivity contribution < 1.29 is 19.1 Å². The van der Waals surface area contributed by atoms with Crippen LogP contribution in [0.25, 0.3) is 0 Å². The molecule has 7 heteroatoms. The van der Waals surface area contributed by atoms with Gasteiger partial charge in [-0.3, -0.25) is 10.1 Å². The van der Waals surface area contributed by atoms with Crippen LogP contribution >= 0.6 is 0 Å². The van der Waals surface area contributed by atoms with E-state index in [0.717, 1.165) is 19.4 Å². The molecule has 1 rings (SSSR count). The third-order valence-electron chi connectivity index (χ3n) is 3.22. The number of carbonyl (C=O) groups is 3. The van der Waals surface area contributed by atoms with Gasteiger partial charge in [-0.05, 0) is 32.4 Å². The molecule has 0 spiro atoms. The van der Waals surface area contributed by atoms with Crippen molar-refractivity contribution in [2.75, 3.05) is 18.4 Å². The van der Waals surface area contributed by atoms with E-state index < -0.39 is 24.0 Å². The molecule has 3 amide bonds. The Morgan fingerprint density at radius 3 is 2.54 bits per heavy atom. The molecule has 0 heterocycles. The maximum Gasteiger partial charge on any atom is 0.341 e. The Hall–Kier alpha value is -2.57. The average molecular weight is 335 g/mol.